The second-order valence-corrected chi connectivity index (χ2v) is 6.41. The zero-order valence-corrected chi connectivity index (χ0v) is 12.0. The van der Waals surface area contributed by atoms with Crippen LogP contribution in [0.2, 0.25) is 0 Å². The molecule has 0 saturated heterocycles. The molecule has 3 heteroatoms. The lowest BCUT2D eigenvalue weighted by Gasteiger charge is -2.19. The van der Waals surface area contributed by atoms with Crippen LogP contribution >= 0.6 is 11.8 Å². The largest absolute Gasteiger partial charge is 0.311 e. The first-order valence-corrected chi connectivity index (χ1v) is 7.99. The second kappa shape index (κ2) is 6.58. The van der Waals surface area contributed by atoms with Crippen molar-refractivity contribution in [2.24, 2.45) is 0 Å². The standard InChI is InChI=1S/C15H22FNS/c1-11(8-12-4-3-5-13(16)9-12)17-14-6-7-15(10-14)18-2/h3-5,9,11,14-15,17H,6-8,10H2,1-2H3. The molecule has 3 unspecified atom stereocenters. The van der Waals surface area contributed by atoms with Crippen molar-refractivity contribution in [1.29, 1.82) is 0 Å². The third kappa shape index (κ3) is 3.99. The van der Waals surface area contributed by atoms with Gasteiger partial charge in [0.25, 0.3) is 0 Å². The Morgan fingerprint density at radius 3 is 2.94 bits per heavy atom. The van der Waals surface area contributed by atoms with Crippen LogP contribution in [0.15, 0.2) is 24.3 Å². The molecule has 1 aromatic rings. The van der Waals surface area contributed by atoms with Gasteiger partial charge < -0.3 is 5.32 Å². The van der Waals surface area contributed by atoms with Crippen molar-refractivity contribution in [3.8, 4) is 0 Å². The quantitative estimate of drug-likeness (QED) is 0.874. The number of benzene rings is 1. The first-order valence-electron chi connectivity index (χ1n) is 6.70. The third-order valence-corrected chi connectivity index (χ3v) is 4.76. The highest BCUT2D eigenvalue weighted by Gasteiger charge is 2.24. The van der Waals surface area contributed by atoms with Gasteiger partial charge in [0.15, 0.2) is 0 Å². The lowest BCUT2D eigenvalue weighted by atomic mass is 10.1. The Morgan fingerprint density at radius 1 is 1.44 bits per heavy atom. The van der Waals surface area contributed by atoms with Crippen molar-refractivity contribution in [1.82, 2.24) is 5.32 Å². The Labute approximate surface area is 114 Å². The van der Waals surface area contributed by atoms with Gasteiger partial charge in [-0.3, -0.25) is 0 Å². The molecule has 0 radical (unpaired) electrons. The fraction of sp³-hybridized carbons (Fsp3) is 0.600. The van der Waals surface area contributed by atoms with Gasteiger partial charge in [0, 0.05) is 17.3 Å². The normalized spacial score (nSPS) is 25.3. The van der Waals surface area contributed by atoms with Crippen molar-refractivity contribution in [3.63, 3.8) is 0 Å². The summed E-state index contributed by atoms with van der Waals surface area (Å²) in [6.45, 7) is 2.19. The van der Waals surface area contributed by atoms with Gasteiger partial charge in [-0.2, -0.15) is 11.8 Å². The number of thioether (sulfide) groups is 1. The summed E-state index contributed by atoms with van der Waals surface area (Å²) in [5.41, 5.74) is 1.08. The molecule has 1 aliphatic rings. The van der Waals surface area contributed by atoms with E-state index in [1.807, 2.05) is 17.8 Å². The van der Waals surface area contributed by atoms with E-state index in [9.17, 15) is 4.39 Å². The Kier molecular flexibility index (Phi) is 5.07. The summed E-state index contributed by atoms with van der Waals surface area (Å²) in [5.74, 6) is -0.136. The fourth-order valence-corrected chi connectivity index (χ4v) is 3.58. The molecule has 3 atom stereocenters. The van der Waals surface area contributed by atoms with Crippen molar-refractivity contribution in [2.75, 3.05) is 6.26 Å². The molecule has 1 N–H and O–H groups in total. The summed E-state index contributed by atoms with van der Waals surface area (Å²) in [6, 6.07) is 7.99. The van der Waals surface area contributed by atoms with Gasteiger partial charge in [-0.1, -0.05) is 12.1 Å². The summed E-state index contributed by atoms with van der Waals surface area (Å²) < 4.78 is 13.1. The summed E-state index contributed by atoms with van der Waals surface area (Å²) in [4.78, 5) is 0. The van der Waals surface area contributed by atoms with Crippen LogP contribution in [0.1, 0.15) is 31.7 Å². The van der Waals surface area contributed by atoms with E-state index in [1.54, 1.807) is 12.1 Å². The van der Waals surface area contributed by atoms with E-state index in [1.165, 1.54) is 25.3 Å². The van der Waals surface area contributed by atoms with Gasteiger partial charge in [-0.15, -0.1) is 0 Å². The van der Waals surface area contributed by atoms with E-state index in [2.05, 4.69) is 18.5 Å². The third-order valence-electron chi connectivity index (χ3n) is 3.67. The summed E-state index contributed by atoms with van der Waals surface area (Å²) >= 11 is 1.98. The van der Waals surface area contributed by atoms with Crippen LogP contribution in [0.5, 0.6) is 0 Å². The van der Waals surface area contributed by atoms with Crippen LogP contribution in [0, 0.1) is 5.82 Å². The van der Waals surface area contributed by atoms with Crippen molar-refractivity contribution in [3.05, 3.63) is 35.6 Å². The maximum Gasteiger partial charge on any atom is 0.123 e. The number of rotatable bonds is 5. The van der Waals surface area contributed by atoms with Crippen LogP contribution in [0.25, 0.3) is 0 Å². The lowest BCUT2D eigenvalue weighted by molar-refractivity contribution is 0.448. The Hall–Kier alpha value is -0.540. The predicted octanol–water partition coefficient (Wildman–Crippen LogP) is 3.63. The molecule has 1 aliphatic carbocycles. The minimum atomic E-state index is -0.136. The molecule has 0 aromatic heterocycles. The molecule has 0 heterocycles. The van der Waals surface area contributed by atoms with Crippen LogP contribution in [-0.2, 0) is 6.42 Å². The maximum absolute atomic E-state index is 13.1. The van der Waals surface area contributed by atoms with Crippen LogP contribution < -0.4 is 5.32 Å². The highest BCUT2D eigenvalue weighted by Crippen LogP contribution is 2.28. The molecule has 2 rings (SSSR count). The summed E-state index contributed by atoms with van der Waals surface area (Å²) in [6.07, 6.45) is 6.97. The Morgan fingerprint density at radius 2 is 2.28 bits per heavy atom. The molecule has 100 valence electrons. The highest BCUT2D eigenvalue weighted by molar-refractivity contribution is 7.99. The van der Waals surface area contributed by atoms with Crippen molar-refractivity contribution < 1.29 is 4.39 Å². The molecule has 1 aromatic carbocycles. The average molecular weight is 267 g/mol. The summed E-state index contributed by atoms with van der Waals surface area (Å²) in [7, 11) is 0. The van der Waals surface area contributed by atoms with Crippen molar-refractivity contribution in [2.45, 2.75) is 49.9 Å². The molecule has 0 amide bonds. The van der Waals surface area contributed by atoms with E-state index in [0.29, 0.717) is 12.1 Å². The van der Waals surface area contributed by atoms with E-state index in [4.69, 9.17) is 0 Å². The molecular weight excluding hydrogens is 245 g/mol. The predicted molar refractivity (Wildman–Crippen MR) is 77.6 cm³/mol. The number of halogens is 1. The number of hydrogen-bond acceptors (Lipinski definition) is 2. The molecule has 1 saturated carbocycles. The average Bonchev–Trinajstić information content (AvgIpc) is 2.76. The van der Waals surface area contributed by atoms with Gasteiger partial charge in [0.2, 0.25) is 0 Å². The topological polar surface area (TPSA) is 12.0 Å². The molecule has 18 heavy (non-hydrogen) atoms. The van der Waals surface area contributed by atoms with E-state index >= 15 is 0 Å². The van der Waals surface area contributed by atoms with Crippen molar-refractivity contribution >= 4 is 11.8 Å². The fourth-order valence-electron chi connectivity index (χ4n) is 2.78. The minimum Gasteiger partial charge on any atom is -0.311 e. The molecular formula is C15H22FNS. The molecule has 0 aliphatic heterocycles. The minimum absolute atomic E-state index is 0.136. The SMILES string of the molecule is CSC1CCC(NC(C)Cc2cccc(F)c2)C1. The van der Waals surface area contributed by atoms with Gasteiger partial charge in [-0.25, -0.2) is 4.39 Å². The zero-order chi connectivity index (χ0) is 13.0. The summed E-state index contributed by atoms with van der Waals surface area (Å²) in [5, 5.41) is 4.50. The van der Waals surface area contributed by atoms with E-state index in [-0.39, 0.29) is 5.82 Å². The number of nitrogens with one attached hydrogen (secondary N) is 1. The Balaban J connectivity index is 1.80. The van der Waals surface area contributed by atoms with Gasteiger partial charge >= 0.3 is 0 Å². The monoisotopic (exact) mass is 267 g/mol. The second-order valence-electron chi connectivity index (χ2n) is 5.27. The highest BCUT2D eigenvalue weighted by atomic mass is 32.2. The van der Waals surface area contributed by atoms with E-state index < -0.39 is 0 Å². The molecule has 0 spiro atoms. The zero-order valence-electron chi connectivity index (χ0n) is 11.2. The molecule has 1 nitrogen and oxygen atoms in total. The van der Waals surface area contributed by atoms with Gasteiger partial charge in [-0.05, 0) is 56.6 Å². The first-order chi connectivity index (χ1) is 8.67. The Bertz CT molecular complexity index is 383. The lowest BCUT2D eigenvalue weighted by Crippen LogP contribution is -2.36. The maximum atomic E-state index is 13.1. The smallest absolute Gasteiger partial charge is 0.123 e. The molecule has 0 bridgehead atoms. The number of hydrogen-bond donors (Lipinski definition) is 1. The first kappa shape index (κ1) is 13.9. The van der Waals surface area contributed by atoms with Crippen LogP contribution in [-0.4, -0.2) is 23.6 Å². The van der Waals surface area contributed by atoms with Crippen LogP contribution in [0.4, 0.5) is 4.39 Å². The molecule has 1 fully saturated rings. The van der Waals surface area contributed by atoms with Gasteiger partial charge in [0.1, 0.15) is 5.82 Å². The van der Waals surface area contributed by atoms with Gasteiger partial charge in [0.05, 0.1) is 0 Å². The van der Waals surface area contributed by atoms with E-state index in [0.717, 1.165) is 17.2 Å². The van der Waals surface area contributed by atoms with Crippen LogP contribution in [0.3, 0.4) is 0 Å².